The average Bonchev–Trinajstić information content (AvgIpc) is 2.65. The number of aliphatic hydroxyl groups excluding tert-OH is 1. The summed E-state index contributed by atoms with van der Waals surface area (Å²) in [5.74, 6) is 0. The van der Waals surface area contributed by atoms with Gasteiger partial charge in [-0.2, -0.15) is 0 Å². The molecular weight excluding hydrogens is 212 g/mol. The average molecular weight is 232 g/mol. The second-order valence-electron chi connectivity index (χ2n) is 4.00. The molecule has 0 radical (unpaired) electrons. The molecule has 88 valence electrons. The van der Waals surface area contributed by atoms with Gasteiger partial charge in [-0.25, -0.2) is 0 Å². The van der Waals surface area contributed by atoms with Crippen LogP contribution in [0.3, 0.4) is 0 Å². The number of nitrogens with one attached hydrogen (secondary N) is 1. The van der Waals surface area contributed by atoms with Gasteiger partial charge in [-0.3, -0.25) is 0 Å². The van der Waals surface area contributed by atoms with Gasteiger partial charge in [0.2, 0.25) is 0 Å². The molecule has 1 aliphatic heterocycles. The molecule has 0 spiro atoms. The lowest BCUT2D eigenvalue weighted by molar-refractivity contribution is 0.0561. The highest BCUT2D eigenvalue weighted by Gasteiger charge is 2.28. The number of hydrogen-bond donors (Lipinski definition) is 2. The first-order valence-corrected chi connectivity index (χ1v) is 5.73. The molecule has 0 saturated carbocycles. The molecule has 1 fully saturated rings. The summed E-state index contributed by atoms with van der Waals surface area (Å²) in [7, 11) is 3.92. The van der Waals surface area contributed by atoms with Crippen LogP contribution in [0.2, 0.25) is 0 Å². The minimum atomic E-state index is 0.194. The Kier molecular flexibility index (Phi) is 5.45. The van der Waals surface area contributed by atoms with Crippen molar-refractivity contribution in [1.29, 1.82) is 0 Å². The van der Waals surface area contributed by atoms with E-state index in [1.165, 1.54) is 0 Å². The molecule has 4 nitrogen and oxygen atoms in total. The van der Waals surface area contributed by atoms with Gasteiger partial charge >= 0.3 is 0 Å². The molecule has 0 aromatic carbocycles. The second kappa shape index (κ2) is 6.37. The third-order valence-electron chi connectivity index (χ3n) is 2.49. The topological polar surface area (TPSA) is 44.7 Å². The van der Waals surface area contributed by atoms with E-state index in [4.69, 9.17) is 22.1 Å². The van der Waals surface area contributed by atoms with Crippen molar-refractivity contribution in [3.8, 4) is 0 Å². The van der Waals surface area contributed by atoms with Crippen LogP contribution >= 0.6 is 12.2 Å². The van der Waals surface area contributed by atoms with E-state index in [2.05, 4.69) is 5.32 Å². The van der Waals surface area contributed by atoms with Crippen molar-refractivity contribution in [3.05, 3.63) is 0 Å². The van der Waals surface area contributed by atoms with Gasteiger partial charge in [0.15, 0.2) is 0 Å². The van der Waals surface area contributed by atoms with Crippen LogP contribution in [0.5, 0.6) is 0 Å². The Morgan fingerprint density at radius 1 is 1.60 bits per heavy atom. The molecule has 0 aromatic rings. The van der Waals surface area contributed by atoms with Crippen molar-refractivity contribution >= 4 is 17.2 Å². The van der Waals surface area contributed by atoms with Crippen molar-refractivity contribution in [2.45, 2.75) is 25.0 Å². The molecule has 2 atom stereocenters. The van der Waals surface area contributed by atoms with E-state index in [-0.39, 0.29) is 18.8 Å². The summed E-state index contributed by atoms with van der Waals surface area (Å²) in [5, 5.41) is 12.0. The molecule has 1 aliphatic rings. The molecule has 0 aliphatic carbocycles. The number of hydrogen-bond acceptors (Lipinski definition) is 4. The number of ether oxygens (including phenoxy) is 1. The summed E-state index contributed by atoms with van der Waals surface area (Å²) in [6.07, 6.45) is 1.88. The molecule has 1 heterocycles. The molecule has 1 saturated heterocycles. The number of nitrogens with zero attached hydrogens (tertiary/aromatic N) is 1. The van der Waals surface area contributed by atoms with Gasteiger partial charge in [0.25, 0.3) is 0 Å². The van der Waals surface area contributed by atoms with E-state index in [0.717, 1.165) is 18.0 Å². The standard InChI is InChI=1S/C10H20N2O2S/c1-12(2)10(15)9-6-8(7-11-9)14-5-3-4-13/h8-9,11,13H,3-7H2,1-2H3/t8-,9+/m1/s1. The first-order valence-electron chi connectivity index (χ1n) is 5.32. The lowest BCUT2D eigenvalue weighted by Crippen LogP contribution is -2.38. The zero-order valence-corrected chi connectivity index (χ0v) is 10.2. The monoisotopic (exact) mass is 232 g/mol. The fourth-order valence-electron chi connectivity index (χ4n) is 1.64. The van der Waals surface area contributed by atoms with Crippen LogP contribution in [0.4, 0.5) is 0 Å². The van der Waals surface area contributed by atoms with Crippen molar-refractivity contribution in [2.24, 2.45) is 0 Å². The van der Waals surface area contributed by atoms with E-state index < -0.39 is 0 Å². The summed E-state index contributed by atoms with van der Waals surface area (Å²) in [4.78, 5) is 2.89. The molecule has 0 bridgehead atoms. The van der Waals surface area contributed by atoms with Crippen LogP contribution < -0.4 is 5.32 Å². The third-order valence-corrected chi connectivity index (χ3v) is 3.14. The second-order valence-corrected chi connectivity index (χ2v) is 4.42. The Balaban J connectivity index is 2.23. The van der Waals surface area contributed by atoms with Gasteiger partial charge in [-0.15, -0.1) is 0 Å². The Morgan fingerprint density at radius 3 is 2.93 bits per heavy atom. The van der Waals surface area contributed by atoms with Crippen molar-refractivity contribution in [1.82, 2.24) is 10.2 Å². The van der Waals surface area contributed by atoms with Crippen molar-refractivity contribution in [3.63, 3.8) is 0 Å². The third kappa shape index (κ3) is 4.03. The Morgan fingerprint density at radius 2 is 2.33 bits per heavy atom. The first-order chi connectivity index (χ1) is 7.15. The number of likely N-dealkylation sites (N-methyl/N-ethyl adjacent to an activating group) is 1. The Labute approximate surface area is 96.6 Å². The van der Waals surface area contributed by atoms with E-state index in [9.17, 15) is 0 Å². The predicted octanol–water partition coefficient (Wildman–Crippen LogP) is 0.00490. The fraction of sp³-hybridized carbons (Fsp3) is 0.900. The van der Waals surface area contributed by atoms with Crippen LogP contribution in [0.15, 0.2) is 0 Å². The molecule has 5 heteroatoms. The number of thiocarbonyl (C=S) groups is 1. The van der Waals surface area contributed by atoms with E-state index in [1.807, 2.05) is 19.0 Å². The van der Waals surface area contributed by atoms with Crippen LogP contribution in [0.1, 0.15) is 12.8 Å². The summed E-state index contributed by atoms with van der Waals surface area (Å²) >= 11 is 5.29. The van der Waals surface area contributed by atoms with E-state index in [0.29, 0.717) is 13.0 Å². The summed E-state index contributed by atoms with van der Waals surface area (Å²) in [5.41, 5.74) is 0. The minimum Gasteiger partial charge on any atom is -0.396 e. The molecule has 1 rings (SSSR count). The van der Waals surface area contributed by atoms with Gasteiger partial charge in [0.1, 0.15) is 0 Å². The minimum absolute atomic E-state index is 0.194. The Bertz CT molecular complexity index is 212. The quantitative estimate of drug-likeness (QED) is 0.516. The maximum atomic E-state index is 8.63. The van der Waals surface area contributed by atoms with Gasteiger partial charge in [-0.1, -0.05) is 12.2 Å². The smallest absolute Gasteiger partial charge is 0.0947 e. The summed E-state index contributed by atoms with van der Waals surface area (Å²) < 4.78 is 5.60. The molecule has 0 unspecified atom stereocenters. The van der Waals surface area contributed by atoms with Gasteiger partial charge in [0.05, 0.1) is 17.1 Å². The molecule has 15 heavy (non-hydrogen) atoms. The largest absolute Gasteiger partial charge is 0.396 e. The molecule has 0 aromatic heterocycles. The van der Waals surface area contributed by atoms with Crippen molar-refractivity contribution < 1.29 is 9.84 Å². The highest BCUT2D eigenvalue weighted by atomic mass is 32.1. The van der Waals surface area contributed by atoms with Gasteiger partial charge < -0.3 is 20.1 Å². The molecular formula is C10H20N2O2S. The van der Waals surface area contributed by atoms with E-state index in [1.54, 1.807) is 0 Å². The van der Waals surface area contributed by atoms with Crippen LogP contribution in [0.25, 0.3) is 0 Å². The summed E-state index contributed by atoms with van der Waals surface area (Å²) in [6, 6.07) is 0.258. The predicted molar refractivity (Wildman–Crippen MR) is 64.1 cm³/mol. The summed E-state index contributed by atoms with van der Waals surface area (Å²) in [6.45, 7) is 1.67. The van der Waals surface area contributed by atoms with E-state index >= 15 is 0 Å². The molecule has 2 N–H and O–H groups in total. The van der Waals surface area contributed by atoms with Crippen molar-refractivity contribution in [2.75, 3.05) is 33.9 Å². The zero-order valence-electron chi connectivity index (χ0n) is 9.40. The maximum absolute atomic E-state index is 8.63. The Hall–Kier alpha value is -0.230. The fourth-order valence-corrected chi connectivity index (χ4v) is 1.82. The number of rotatable bonds is 5. The van der Waals surface area contributed by atoms with Crippen LogP contribution in [-0.2, 0) is 4.74 Å². The number of aliphatic hydroxyl groups is 1. The molecule has 0 amide bonds. The maximum Gasteiger partial charge on any atom is 0.0947 e. The van der Waals surface area contributed by atoms with Gasteiger partial charge in [-0.05, 0) is 12.8 Å². The lowest BCUT2D eigenvalue weighted by atomic mass is 10.2. The SMILES string of the molecule is CN(C)C(=S)[C@@H]1C[C@@H](OCCCO)CN1. The highest BCUT2D eigenvalue weighted by Crippen LogP contribution is 2.13. The normalized spacial score (nSPS) is 25.5. The highest BCUT2D eigenvalue weighted by molar-refractivity contribution is 7.80. The first kappa shape index (κ1) is 12.8. The van der Waals surface area contributed by atoms with Crippen LogP contribution in [-0.4, -0.2) is 61.0 Å². The van der Waals surface area contributed by atoms with Gasteiger partial charge in [0, 0.05) is 33.9 Å². The lowest BCUT2D eigenvalue weighted by Gasteiger charge is -2.19. The zero-order chi connectivity index (χ0) is 11.3. The van der Waals surface area contributed by atoms with Crippen LogP contribution in [0, 0.1) is 0 Å².